The monoisotopic (exact) mass is 924 g/mol. The number of phosphoric acid groups is 3. The van der Waals surface area contributed by atoms with Crippen molar-refractivity contribution in [1.82, 2.24) is 35.5 Å². The molecule has 0 saturated carbocycles. The molecule has 7 atom stereocenters. The number of nitrogens with two attached hydrogens (primary N) is 1. The van der Waals surface area contributed by atoms with Crippen LogP contribution in [0.15, 0.2) is 12.7 Å². The lowest BCUT2D eigenvalue weighted by atomic mass is 9.87. The second kappa shape index (κ2) is 21.8. The summed E-state index contributed by atoms with van der Waals surface area (Å²) >= 11 is 0.857. The van der Waals surface area contributed by atoms with Gasteiger partial charge in [0.25, 0.3) is 6.47 Å². The number of rotatable bonds is 25. The number of hydrogen-bond donors (Lipinski definition) is 10. The van der Waals surface area contributed by atoms with Gasteiger partial charge in [-0.1, -0.05) is 25.6 Å². The summed E-state index contributed by atoms with van der Waals surface area (Å²) in [7, 11) is -16.5. The van der Waals surface area contributed by atoms with E-state index in [-0.39, 0.29) is 68.3 Å². The molecule has 3 amide bonds. The average molecular weight is 925 g/mol. The number of fused-ring (bicyclic) bond motifs is 1. The lowest BCUT2D eigenvalue weighted by Gasteiger charge is -2.30. The number of thioether (sulfide) groups is 1. The molecule has 11 N–H and O–H groups in total. The van der Waals surface area contributed by atoms with E-state index in [4.69, 9.17) is 19.5 Å². The minimum atomic E-state index is -5.60. The van der Waals surface area contributed by atoms with E-state index >= 15 is 0 Å². The third-order valence-electron chi connectivity index (χ3n) is 7.71. The van der Waals surface area contributed by atoms with E-state index in [0.717, 1.165) is 29.0 Å². The maximum Gasteiger partial charge on any atom is 0.481 e. The number of hydrogen-bond acceptors (Lipinski definition) is 21. The topological polar surface area (TPSA) is 419 Å². The zero-order valence-electron chi connectivity index (χ0n) is 31.0. The number of nitrogen functional groups attached to an aromatic ring is 1. The zero-order valence-corrected chi connectivity index (χ0v) is 34.5. The van der Waals surface area contributed by atoms with Gasteiger partial charge in [0, 0.05) is 43.6 Å². The van der Waals surface area contributed by atoms with Gasteiger partial charge < -0.3 is 60.9 Å². The van der Waals surface area contributed by atoms with Gasteiger partial charge in [0.2, 0.25) is 22.8 Å². The van der Waals surface area contributed by atoms with Crippen molar-refractivity contribution >= 4 is 81.5 Å². The highest BCUT2D eigenvalue weighted by molar-refractivity contribution is 8.13. The fraction of sp³-hybridized carbons (Fsp3) is 0.630. The van der Waals surface area contributed by atoms with Gasteiger partial charge in [-0.15, -0.1) is 0 Å². The Balaban J connectivity index is 1.43. The molecule has 28 nitrogen and oxygen atoms in total. The summed E-state index contributed by atoms with van der Waals surface area (Å²) < 4.78 is 66.3. The van der Waals surface area contributed by atoms with Gasteiger partial charge in [-0.05, 0) is 0 Å². The van der Waals surface area contributed by atoms with Crippen molar-refractivity contribution in [2.24, 2.45) is 5.41 Å². The minimum Gasteiger partial charge on any atom is -0.459 e. The van der Waals surface area contributed by atoms with Gasteiger partial charge in [-0.3, -0.25) is 42.1 Å². The van der Waals surface area contributed by atoms with Crippen LogP contribution in [0.25, 0.3) is 11.2 Å². The number of anilines is 1. The SMILES string of the molecule is CC(C)(COP(=O)(O)OP(=O)(O)OCC1OC(n2cnc3c(N)ncnc32)C(O)C1OP(=O)(O)O)C(O)C(=O)NCCC(=O)NCCC(=O)NCCSC(=O)COC=O. The smallest absolute Gasteiger partial charge is 0.459 e. The molecule has 0 bridgehead atoms. The molecule has 1 aliphatic heterocycles. The van der Waals surface area contributed by atoms with Crippen LogP contribution in [-0.4, -0.2) is 148 Å². The Kier molecular flexibility index (Phi) is 18.5. The Morgan fingerprint density at radius 3 is 2.27 bits per heavy atom. The van der Waals surface area contributed by atoms with Crippen LogP contribution in [0.1, 0.15) is 32.9 Å². The first-order chi connectivity index (χ1) is 27.4. The Bertz CT molecular complexity index is 1950. The fourth-order valence-electron chi connectivity index (χ4n) is 4.84. The summed E-state index contributed by atoms with van der Waals surface area (Å²) in [6.45, 7) is -0.0858. The summed E-state index contributed by atoms with van der Waals surface area (Å²) in [6, 6.07) is 0. The first kappa shape index (κ1) is 49.9. The Morgan fingerprint density at radius 1 is 1.00 bits per heavy atom. The number of ether oxygens (including phenoxy) is 2. The van der Waals surface area contributed by atoms with E-state index < -0.39 is 95.6 Å². The standard InChI is InChI=1S/C27H43N8O20P3S/c1-27(2,22(41)25(42)31-6-4-16(37)29-5-3-17(38)30-7-8-59-18(39)10-50-14-36)11-52-58(48,49)55-57(46,47)51-9-15-21(54-56(43,44)45)20(40)26(53-15)35-13-34-19-23(28)32-12-33-24(19)35/h12-15,20-22,26,40-41H,3-11H2,1-2H3,(H,29,37)(H,30,38)(H,31,42)(H,46,47)(H,48,49)(H2,28,32,33)(H2,43,44,45). The van der Waals surface area contributed by atoms with Gasteiger partial charge in [0.05, 0.1) is 19.5 Å². The third-order valence-corrected chi connectivity index (χ3v) is 11.7. The molecule has 3 heterocycles. The second-order valence-corrected chi connectivity index (χ2v) is 18.2. The van der Waals surface area contributed by atoms with Gasteiger partial charge in [-0.25, -0.2) is 28.6 Å². The van der Waals surface area contributed by atoms with Crippen LogP contribution in [0.4, 0.5) is 5.82 Å². The van der Waals surface area contributed by atoms with Crippen molar-refractivity contribution in [3.8, 4) is 0 Å². The molecule has 0 aliphatic carbocycles. The van der Waals surface area contributed by atoms with Crippen molar-refractivity contribution in [2.45, 2.75) is 57.3 Å². The van der Waals surface area contributed by atoms with Crippen molar-refractivity contribution in [2.75, 3.05) is 50.9 Å². The molecule has 0 spiro atoms. The van der Waals surface area contributed by atoms with Crippen LogP contribution in [0.2, 0.25) is 0 Å². The van der Waals surface area contributed by atoms with E-state index in [0.29, 0.717) is 0 Å². The summed E-state index contributed by atoms with van der Waals surface area (Å²) in [5.74, 6) is -1.84. The molecule has 0 radical (unpaired) electrons. The molecule has 1 aliphatic rings. The Labute approximate surface area is 337 Å². The lowest BCUT2D eigenvalue weighted by Crippen LogP contribution is -2.46. The minimum absolute atomic E-state index is 0.0162. The van der Waals surface area contributed by atoms with Crippen molar-refractivity contribution in [1.29, 1.82) is 0 Å². The fourth-order valence-corrected chi connectivity index (χ4v) is 8.25. The number of carbonyl (C=O) groups excluding carboxylic acids is 5. The first-order valence-electron chi connectivity index (χ1n) is 16.8. The number of nitrogens with zero attached hydrogens (tertiary/aromatic N) is 4. The maximum absolute atomic E-state index is 12.7. The Hall–Kier alpha value is -3.50. The quantitative estimate of drug-likeness (QED) is 0.0276. The van der Waals surface area contributed by atoms with Gasteiger partial charge in [0.1, 0.15) is 36.3 Å². The molecule has 332 valence electrons. The second-order valence-electron chi connectivity index (χ2n) is 12.8. The zero-order chi connectivity index (χ0) is 44.2. The maximum atomic E-state index is 12.7. The van der Waals surface area contributed by atoms with Crippen molar-refractivity contribution < 1.29 is 94.8 Å². The number of phosphoric ester groups is 3. The van der Waals surface area contributed by atoms with E-state index in [1.807, 2.05) is 0 Å². The van der Waals surface area contributed by atoms with Gasteiger partial charge in [-0.2, -0.15) is 4.31 Å². The van der Waals surface area contributed by atoms with E-state index in [1.54, 1.807) is 0 Å². The highest BCUT2D eigenvalue weighted by atomic mass is 32.2. The number of aromatic nitrogens is 4. The van der Waals surface area contributed by atoms with Crippen LogP contribution >= 0.6 is 35.2 Å². The van der Waals surface area contributed by atoms with Gasteiger partial charge in [0.15, 0.2) is 24.3 Å². The number of amides is 3. The molecule has 7 unspecified atom stereocenters. The predicted octanol–water partition coefficient (Wildman–Crippen LogP) is -2.66. The predicted molar refractivity (Wildman–Crippen MR) is 197 cm³/mol. The number of carbonyl (C=O) groups is 5. The highest BCUT2D eigenvalue weighted by Gasteiger charge is 2.50. The van der Waals surface area contributed by atoms with Gasteiger partial charge >= 0.3 is 23.5 Å². The van der Waals surface area contributed by atoms with Crippen molar-refractivity contribution in [3.05, 3.63) is 12.7 Å². The summed E-state index contributed by atoms with van der Waals surface area (Å²) in [6.07, 6.45) is -7.26. The number of aliphatic hydroxyl groups excluding tert-OH is 2. The van der Waals surface area contributed by atoms with E-state index in [1.165, 1.54) is 13.8 Å². The van der Waals surface area contributed by atoms with Crippen LogP contribution in [0.5, 0.6) is 0 Å². The van der Waals surface area contributed by atoms with Crippen LogP contribution in [0, 0.1) is 5.41 Å². The molecule has 3 rings (SSSR count). The van der Waals surface area contributed by atoms with E-state index in [9.17, 15) is 67.5 Å². The molecule has 1 saturated heterocycles. The normalized spacial score (nSPS) is 20.9. The average Bonchev–Trinajstić information content (AvgIpc) is 3.70. The molecule has 2 aromatic heterocycles. The molecular weight excluding hydrogens is 881 g/mol. The number of imidazole rings is 1. The van der Waals surface area contributed by atoms with Crippen LogP contribution in [-0.2, 0) is 65.0 Å². The highest BCUT2D eigenvalue weighted by Crippen LogP contribution is 2.61. The molecule has 1 fully saturated rings. The largest absolute Gasteiger partial charge is 0.481 e. The molecular formula is C27H43N8O20P3S. The van der Waals surface area contributed by atoms with Crippen molar-refractivity contribution in [3.63, 3.8) is 0 Å². The van der Waals surface area contributed by atoms with Crippen LogP contribution < -0.4 is 21.7 Å². The summed E-state index contributed by atoms with van der Waals surface area (Å²) in [4.78, 5) is 109. The van der Waals surface area contributed by atoms with Crippen LogP contribution in [0.3, 0.4) is 0 Å². The molecule has 2 aromatic rings. The Morgan fingerprint density at radius 2 is 1.63 bits per heavy atom. The first-order valence-corrected chi connectivity index (χ1v) is 22.3. The number of nitrogens with one attached hydrogen (secondary N) is 3. The summed E-state index contributed by atoms with van der Waals surface area (Å²) in [5, 5.41) is 28.3. The van der Waals surface area contributed by atoms with E-state index in [2.05, 4.69) is 44.5 Å². The summed E-state index contributed by atoms with van der Waals surface area (Å²) in [5.41, 5.74) is 4.18. The lowest BCUT2D eigenvalue weighted by molar-refractivity contribution is -0.137. The molecule has 0 aromatic carbocycles. The number of aliphatic hydroxyl groups is 2. The molecule has 32 heteroatoms. The third kappa shape index (κ3) is 16.1. The molecule has 59 heavy (non-hydrogen) atoms.